The van der Waals surface area contributed by atoms with E-state index in [9.17, 15) is 13.2 Å². The van der Waals surface area contributed by atoms with Gasteiger partial charge < -0.3 is 5.32 Å². The second-order valence-electron chi connectivity index (χ2n) is 6.26. The van der Waals surface area contributed by atoms with Gasteiger partial charge in [-0.3, -0.25) is 9.48 Å². The lowest BCUT2D eigenvalue weighted by Gasteiger charge is -2.31. The van der Waals surface area contributed by atoms with E-state index in [0.29, 0.717) is 25.9 Å². The number of carbonyl (C=O) groups is 1. The van der Waals surface area contributed by atoms with Crippen LogP contribution in [0.2, 0.25) is 0 Å². The molecule has 26 heavy (non-hydrogen) atoms. The summed E-state index contributed by atoms with van der Waals surface area (Å²) in [6, 6.07) is 8.73. The minimum Gasteiger partial charge on any atom is -0.350 e. The van der Waals surface area contributed by atoms with Crippen molar-refractivity contribution in [3.8, 4) is 11.3 Å². The normalized spacial score (nSPS) is 16.3. The van der Waals surface area contributed by atoms with Crippen LogP contribution in [-0.4, -0.2) is 47.5 Å². The molecule has 1 aromatic heterocycles. The zero-order chi connectivity index (χ0) is 18.7. The van der Waals surface area contributed by atoms with Crippen molar-refractivity contribution in [1.82, 2.24) is 19.4 Å². The van der Waals surface area contributed by atoms with Crippen LogP contribution in [0.3, 0.4) is 0 Å². The Balaban J connectivity index is 1.76. The van der Waals surface area contributed by atoms with E-state index in [1.807, 2.05) is 19.2 Å². The number of hydrogen-bond acceptors (Lipinski definition) is 4. The topological polar surface area (TPSA) is 84.3 Å². The Labute approximate surface area is 153 Å². The number of hydrogen-bond donors (Lipinski definition) is 1. The zero-order valence-corrected chi connectivity index (χ0v) is 15.4. The molecule has 0 saturated carbocycles. The highest BCUT2D eigenvalue weighted by atomic mass is 32.2. The molecule has 0 radical (unpaired) electrons. The number of aryl methyl sites for hydroxylation is 1. The number of benzene rings is 1. The van der Waals surface area contributed by atoms with Crippen LogP contribution >= 0.6 is 0 Å². The summed E-state index contributed by atoms with van der Waals surface area (Å²) in [6.07, 6.45) is 4.08. The Bertz CT molecular complexity index is 912. The molecule has 1 saturated heterocycles. The van der Waals surface area contributed by atoms with Crippen molar-refractivity contribution in [3.63, 3.8) is 0 Å². The molecule has 0 unspecified atom stereocenters. The third-order valence-corrected chi connectivity index (χ3v) is 6.47. The molecule has 1 aliphatic heterocycles. The molecule has 8 heteroatoms. The van der Waals surface area contributed by atoms with Crippen LogP contribution in [0.15, 0.2) is 54.1 Å². The van der Waals surface area contributed by atoms with Crippen LogP contribution in [0.1, 0.15) is 12.8 Å². The van der Waals surface area contributed by atoms with Crippen molar-refractivity contribution < 1.29 is 13.2 Å². The molecule has 1 amide bonds. The summed E-state index contributed by atoms with van der Waals surface area (Å²) < 4.78 is 29.1. The van der Waals surface area contributed by atoms with Crippen LogP contribution in [0.4, 0.5) is 0 Å². The maximum atomic E-state index is 13.0. The zero-order valence-electron chi connectivity index (χ0n) is 14.6. The Morgan fingerprint density at radius 2 is 2.04 bits per heavy atom. The first-order chi connectivity index (χ1) is 12.4. The predicted molar refractivity (Wildman–Crippen MR) is 98.8 cm³/mol. The molecule has 3 rings (SSSR count). The third-order valence-electron chi connectivity index (χ3n) is 4.57. The van der Waals surface area contributed by atoms with Crippen LogP contribution in [-0.2, 0) is 21.9 Å². The molecule has 0 bridgehead atoms. The van der Waals surface area contributed by atoms with Crippen molar-refractivity contribution in [3.05, 3.63) is 49.2 Å². The van der Waals surface area contributed by atoms with Gasteiger partial charge in [-0.15, -0.1) is 0 Å². The molecular weight excluding hydrogens is 352 g/mol. The fraction of sp³-hybridized carbons (Fsp3) is 0.333. The Kier molecular flexibility index (Phi) is 5.24. The smallest absolute Gasteiger partial charge is 0.243 e. The van der Waals surface area contributed by atoms with Gasteiger partial charge in [-0.25, -0.2) is 8.42 Å². The monoisotopic (exact) mass is 374 g/mol. The van der Waals surface area contributed by atoms with Gasteiger partial charge in [0.05, 0.1) is 10.6 Å². The summed E-state index contributed by atoms with van der Waals surface area (Å²) in [7, 11) is -1.76. The van der Waals surface area contributed by atoms with E-state index in [1.165, 1.54) is 10.4 Å². The van der Waals surface area contributed by atoms with Gasteiger partial charge in [0.2, 0.25) is 15.9 Å². The van der Waals surface area contributed by atoms with Crippen LogP contribution in [0.5, 0.6) is 0 Å². The van der Waals surface area contributed by atoms with Gasteiger partial charge in [0.25, 0.3) is 0 Å². The van der Waals surface area contributed by atoms with E-state index < -0.39 is 10.0 Å². The van der Waals surface area contributed by atoms with Crippen molar-refractivity contribution in [2.75, 3.05) is 13.1 Å². The fourth-order valence-corrected chi connectivity index (χ4v) is 4.64. The lowest BCUT2D eigenvalue weighted by Crippen LogP contribution is -2.46. The minimum atomic E-state index is -3.58. The molecule has 1 N–H and O–H groups in total. The van der Waals surface area contributed by atoms with Gasteiger partial charge in [0.1, 0.15) is 0 Å². The molecule has 1 aromatic carbocycles. The lowest BCUT2D eigenvalue weighted by molar-refractivity contribution is -0.117. The number of sulfonamides is 1. The molecule has 0 aliphatic carbocycles. The second kappa shape index (κ2) is 7.43. The Morgan fingerprint density at radius 1 is 1.31 bits per heavy atom. The molecule has 2 aromatic rings. The number of carbonyl (C=O) groups excluding carboxylic acids is 1. The Hall–Kier alpha value is -2.45. The molecular formula is C18H22N4O3S. The standard InChI is InChI=1S/C18H22N4O3S/c1-3-18(23)20-15-8-11-22(12-9-15)26(24,25)16-6-4-5-14(13-16)17-7-10-19-21(17)2/h3-7,10,13,15H,1,8-9,11-12H2,2H3,(H,20,23). The van der Waals surface area contributed by atoms with Crippen LogP contribution in [0.25, 0.3) is 11.3 Å². The number of rotatable bonds is 5. The maximum Gasteiger partial charge on any atom is 0.243 e. The maximum absolute atomic E-state index is 13.0. The highest BCUT2D eigenvalue weighted by Crippen LogP contribution is 2.25. The largest absolute Gasteiger partial charge is 0.350 e. The first-order valence-corrected chi connectivity index (χ1v) is 9.87. The summed E-state index contributed by atoms with van der Waals surface area (Å²) >= 11 is 0. The summed E-state index contributed by atoms with van der Waals surface area (Å²) in [5.41, 5.74) is 1.66. The van der Waals surface area contributed by atoms with E-state index >= 15 is 0 Å². The van der Waals surface area contributed by atoms with Gasteiger partial charge in [0.15, 0.2) is 0 Å². The average molecular weight is 374 g/mol. The summed E-state index contributed by atoms with van der Waals surface area (Å²) in [5, 5.41) is 6.95. The minimum absolute atomic E-state index is 0.0206. The van der Waals surface area contributed by atoms with Crippen LogP contribution < -0.4 is 5.32 Å². The molecule has 0 atom stereocenters. The predicted octanol–water partition coefficient (Wildman–Crippen LogP) is 1.54. The summed E-state index contributed by atoms with van der Waals surface area (Å²) in [5.74, 6) is -0.227. The van der Waals surface area contributed by atoms with Gasteiger partial charge >= 0.3 is 0 Å². The number of nitrogens with zero attached hydrogens (tertiary/aromatic N) is 3. The van der Waals surface area contributed by atoms with Gasteiger partial charge in [-0.1, -0.05) is 18.7 Å². The number of aromatic nitrogens is 2. The summed E-state index contributed by atoms with van der Waals surface area (Å²) in [4.78, 5) is 11.7. The molecule has 1 aliphatic rings. The van der Waals surface area contributed by atoms with E-state index in [1.54, 1.807) is 29.1 Å². The van der Waals surface area contributed by atoms with Gasteiger partial charge in [-0.2, -0.15) is 9.40 Å². The Morgan fingerprint density at radius 3 is 2.65 bits per heavy atom. The van der Waals surface area contributed by atoms with Crippen molar-refractivity contribution in [2.45, 2.75) is 23.8 Å². The third kappa shape index (κ3) is 3.71. The second-order valence-corrected chi connectivity index (χ2v) is 8.20. The molecule has 0 spiro atoms. The quantitative estimate of drug-likeness (QED) is 0.805. The number of amides is 1. The number of piperidine rings is 1. The molecule has 138 valence electrons. The van der Waals surface area contributed by atoms with E-state index in [2.05, 4.69) is 17.0 Å². The van der Waals surface area contributed by atoms with Crippen molar-refractivity contribution in [1.29, 1.82) is 0 Å². The van der Waals surface area contributed by atoms with Gasteiger partial charge in [0, 0.05) is 37.9 Å². The van der Waals surface area contributed by atoms with Crippen molar-refractivity contribution >= 4 is 15.9 Å². The van der Waals surface area contributed by atoms with Crippen molar-refractivity contribution in [2.24, 2.45) is 7.05 Å². The first kappa shape index (κ1) is 18.3. The molecule has 2 heterocycles. The lowest BCUT2D eigenvalue weighted by atomic mass is 10.1. The SMILES string of the molecule is C=CC(=O)NC1CCN(S(=O)(=O)c2cccc(-c3ccnn3C)c2)CC1. The van der Waals surface area contributed by atoms with E-state index in [-0.39, 0.29) is 16.8 Å². The van der Waals surface area contributed by atoms with E-state index in [0.717, 1.165) is 11.3 Å². The summed E-state index contributed by atoms with van der Waals surface area (Å²) in [6.45, 7) is 4.18. The average Bonchev–Trinajstić information content (AvgIpc) is 3.08. The van der Waals surface area contributed by atoms with Gasteiger partial charge in [-0.05, 0) is 37.1 Å². The fourth-order valence-electron chi connectivity index (χ4n) is 3.12. The first-order valence-electron chi connectivity index (χ1n) is 8.43. The molecule has 1 fully saturated rings. The van der Waals surface area contributed by atoms with E-state index in [4.69, 9.17) is 0 Å². The molecule has 7 nitrogen and oxygen atoms in total. The number of nitrogens with one attached hydrogen (secondary N) is 1. The van der Waals surface area contributed by atoms with Crippen LogP contribution in [0, 0.1) is 0 Å². The highest BCUT2D eigenvalue weighted by molar-refractivity contribution is 7.89. The highest BCUT2D eigenvalue weighted by Gasteiger charge is 2.30.